The largest absolute Gasteiger partial charge is 0.488 e. The fourth-order valence-electron chi connectivity index (χ4n) is 3.29. The molecule has 1 heterocycles. The summed E-state index contributed by atoms with van der Waals surface area (Å²) in [6.45, 7) is 2.09. The van der Waals surface area contributed by atoms with Crippen molar-refractivity contribution in [3.8, 4) is 5.75 Å². The number of nitrogens with one attached hydrogen (secondary N) is 1. The van der Waals surface area contributed by atoms with Crippen molar-refractivity contribution in [1.82, 2.24) is 5.32 Å². The molecule has 3 aromatic carbocycles. The summed E-state index contributed by atoms with van der Waals surface area (Å²) >= 11 is 20.3. The summed E-state index contributed by atoms with van der Waals surface area (Å²) < 4.78 is 6.64. The Hall–Kier alpha value is -2.59. The standard InChI is InChI=1S/C25H16Cl3IN2O4/c1-13-2-5-16(11-19(13)27)31-24(33)17(23(32)30-25(31)34)8-14-4-7-22(21(29)10-14)35-12-15-3-6-18(26)20(28)9-15/h2-11H,12H2,1H3,(H,30,32,34)/b17-8-. The molecule has 35 heavy (non-hydrogen) atoms. The maximum atomic E-state index is 13.1. The second-order valence-corrected chi connectivity index (χ2v) is 10.0. The van der Waals surface area contributed by atoms with Crippen LogP contribution in [0.25, 0.3) is 6.08 Å². The molecule has 1 aliphatic heterocycles. The zero-order valence-electron chi connectivity index (χ0n) is 18.1. The van der Waals surface area contributed by atoms with Gasteiger partial charge in [0.1, 0.15) is 17.9 Å². The van der Waals surface area contributed by atoms with Crippen LogP contribution in [0.2, 0.25) is 15.1 Å². The highest BCUT2D eigenvalue weighted by molar-refractivity contribution is 14.1. The van der Waals surface area contributed by atoms with Crippen LogP contribution in [0.4, 0.5) is 10.5 Å². The van der Waals surface area contributed by atoms with Gasteiger partial charge in [-0.3, -0.25) is 14.9 Å². The average molecular weight is 642 g/mol. The van der Waals surface area contributed by atoms with Crippen molar-refractivity contribution in [1.29, 1.82) is 0 Å². The van der Waals surface area contributed by atoms with Crippen LogP contribution in [0.5, 0.6) is 5.75 Å². The number of carbonyl (C=O) groups excluding carboxylic acids is 3. The Balaban J connectivity index is 1.56. The summed E-state index contributed by atoms with van der Waals surface area (Å²) in [5, 5.41) is 3.52. The van der Waals surface area contributed by atoms with Crippen molar-refractivity contribution >= 4 is 87.0 Å². The predicted molar refractivity (Wildman–Crippen MR) is 145 cm³/mol. The van der Waals surface area contributed by atoms with Crippen molar-refractivity contribution in [2.24, 2.45) is 0 Å². The molecule has 3 aromatic rings. The number of carbonyl (C=O) groups is 3. The minimum atomic E-state index is -0.835. The second kappa shape index (κ2) is 10.6. The molecule has 1 saturated heterocycles. The Morgan fingerprint density at radius 1 is 0.943 bits per heavy atom. The van der Waals surface area contributed by atoms with Gasteiger partial charge >= 0.3 is 6.03 Å². The van der Waals surface area contributed by atoms with Gasteiger partial charge in [0.25, 0.3) is 11.8 Å². The quantitative estimate of drug-likeness (QED) is 0.189. The van der Waals surface area contributed by atoms with Gasteiger partial charge in [0, 0.05) is 5.02 Å². The van der Waals surface area contributed by atoms with Crippen molar-refractivity contribution < 1.29 is 19.1 Å². The third kappa shape index (κ3) is 5.64. The maximum absolute atomic E-state index is 13.1. The molecule has 1 aliphatic rings. The lowest BCUT2D eigenvalue weighted by Gasteiger charge is -2.26. The zero-order chi connectivity index (χ0) is 25.3. The van der Waals surface area contributed by atoms with Crippen molar-refractivity contribution in [2.75, 3.05) is 4.90 Å². The first-order valence-corrected chi connectivity index (χ1v) is 12.4. The number of aryl methyl sites for hydroxylation is 1. The summed E-state index contributed by atoms with van der Waals surface area (Å²) in [5.74, 6) is -0.901. The molecule has 4 rings (SSSR count). The van der Waals surface area contributed by atoms with Crippen LogP contribution in [0.3, 0.4) is 0 Å². The van der Waals surface area contributed by atoms with E-state index in [1.807, 2.05) is 6.07 Å². The molecule has 178 valence electrons. The molecule has 0 spiro atoms. The third-order valence-electron chi connectivity index (χ3n) is 5.16. The lowest BCUT2D eigenvalue weighted by molar-refractivity contribution is -0.122. The van der Waals surface area contributed by atoms with Crippen LogP contribution in [-0.4, -0.2) is 17.8 Å². The van der Waals surface area contributed by atoms with Gasteiger partial charge in [0.2, 0.25) is 0 Å². The molecular weight excluding hydrogens is 626 g/mol. The van der Waals surface area contributed by atoms with E-state index in [1.54, 1.807) is 49.4 Å². The Morgan fingerprint density at radius 3 is 2.40 bits per heavy atom. The van der Waals surface area contributed by atoms with Crippen LogP contribution < -0.4 is 15.0 Å². The number of anilines is 1. The van der Waals surface area contributed by atoms with Crippen LogP contribution in [-0.2, 0) is 16.2 Å². The Bertz CT molecular complexity index is 1410. The Morgan fingerprint density at radius 2 is 1.71 bits per heavy atom. The fraction of sp³-hybridized carbons (Fsp3) is 0.0800. The molecule has 1 fully saturated rings. The highest BCUT2D eigenvalue weighted by Crippen LogP contribution is 2.29. The smallest absolute Gasteiger partial charge is 0.335 e. The van der Waals surface area contributed by atoms with E-state index in [1.165, 1.54) is 12.1 Å². The monoisotopic (exact) mass is 640 g/mol. The number of barbiturate groups is 1. The van der Waals surface area contributed by atoms with Gasteiger partial charge in [-0.1, -0.05) is 53.0 Å². The molecule has 6 nitrogen and oxygen atoms in total. The van der Waals surface area contributed by atoms with E-state index in [0.29, 0.717) is 26.4 Å². The van der Waals surface area contributed by atoms with E-state index in [4.69, 9.17) is 39.5 Å². The summed E-state index contributed by atoms with van der Waals surface area (Å²) in [4.78, 5) is 38.8. The molecule has 0 atom stereocenters. The maximum Gasteiger partial charge on any atom is 0.335 e. The van der Waals surface area contributed by atoms with Gasteiger partial charge in [-0.05, 0) is 88.7 Å². The van der Waals surface area contributed by atoms with E-state index in [9.17, 15) is 14.4 Å². The molecule has 4 amide bonds. The van der Waals surface area contributed by atoms with E-state index in [-0.39, 0.29) is 17.9 Å². The number of amides is 4. The Kier molecular flexibility index (Phi) is 7.70. The molecule has 0 bridgehead atoms. The molecule has 10 heteroatoms. The van der Waals surface area contributed by atoms with Gasteiger partial charge in [-0.15, -0.1) is 0 Å². The number of benzene rings is 3. The molecule has 1 N–H and O–H groups in total. The van der Waals surface area contributed by atoms with E-state index in [2.05, 4.69) is 27.9 Å². The minimum absolute atomic E-state index is 0.179. The number of hydrogen-bond donors (Lipinski definition) is 1. The second-order valence-electron chi connectivity index (χ2n) is 7.62. The van der Waals surface area contributed by atoms with E-state index < -0.39 is 17.8 Å². The predicted octanol–water partition coefficient (Wildman–Crippen LogP) is 6.81. The van der Waals surface area contributed by atoms with E-state index in [0.717, 1.165) is 19.6 Å². The number of halogens is 4. The number of hydrogen-bond acceptors (Lipinski definition) is 4. The third-order valence-corrected chi connectivity index (χ3v) is 7.15. The summed E-state index contributed by atoms with van der Waals surface area (Å²) in [7, 11) is 0. The molecule has 0 unspecified atom stereocenters. The zero-order valence-corrected chi connectivity index (χ0v) is 22.5. The summed E-state index contributed by atoms with van der Waals surface area (Å²) in [6.07, 6.45) is 1.43. The Labute approximate surface area is 229 Å². The number of urea groups is 1. The van der Waals surface area contributed by atoms with Crippen LogP contribution in [0.1, 0.15) is 16.7 Å². The highest BCUT2D eigenvalue weighted by Gasteiger charge is 2.37. The normalized spacial score (nSPS) is 14.9. The number of ether oxygens (including phenoxy) is 1. The van der Waals surface area contributed by atoms with Gasteiger partial charge in [-0.2, -0.15) is 0 Å². The van der Waals surface area contributed by atoms with E-state index >= 15 is 0 Å². The summed E-state index contributed by atoms with van der Waals surface area (Å²) in [5.41, 5.74) is 2.32. The van der Waals surface area contributed by atoms with Gasteiger partial charge in [0.05, 0.1) is 19.3 Å². The molecule has 0 aliphatic carbocycles. The van der Waals surface area contributed by atoms with Crippen LogP contribution >= 0.6 is 57.4 Å². The summed E-state index contributed by atoms with van der Waals surface area (Å²) in [6, 6.07) is 14.4. The first-order valence-electron chi connectivity index (χ1n) is 10.2. The SMILES string of the molecule is Cc1ccc(N2C(=O)NC(=O)/C(=C/c3ccc(OCc4ccc(Cl)c(Cl)c4)c(I)c3)C2=O)cc1Cl. The average Bonchev–Trinajstić information content (AvgIpc) is 2.80. The van der Waals surface area contributed by atoms with Crippen molar-refractivity contribution in [3.05, 3.63) is 95.5 Å². The van der Waals surface area contributed by atoms with Crippen molar-refractivity contribution in [3.63, 3.8) is 0 Å². The van der Waals surface area contributed by atoms with Gasteiger partial charge < -0.3 is 4.74 Å². The topological polar surface area (TPSA) is 75.7 Å². The molecule has 0 saturated carbocycles. The lowest BCUT2D eigenvalue weighted by atomic mass is 10.1. The van der Waals surface area contributed by atoms with Gasteiger partial charge in [0.15, 0.2) is 0 Å². The number of imide groups is 2. The van der Waals surface area contributed by atoms with Crippen LogP contribution in [0.15, 0.2) is 60.2 Å². The molecular formula is C25H16Cl3IN2O4. The van der Waals surface area contributed by atoms with Gasteiger partial charge in [-0.25, -0.2) is 9.69 Å². The lowest BCUT2D eigenvalue weighted by Crippen LogP contribution is -2.54. The van der Waals surface area contributed by atoms with Crippen LogP contribution in [0, 0.1) is 10.5 Å². The highest BCUT2D eigenvalue weighted by atomic mass is 127. The number of rotatable bonds is 5. The van der Waals surface area contributed by atoms with Crippen molar-refractivity contribution in [2.45, 2.75) is 13.5 Å². The molecule has 0 aromatic heterocycles. The molecule has 0 radical (unpaired) electrons. The number of nitrogens with zero attached hydrogens (tertiary/aromatic N) is 1. The fourth-order valence-corrected chi connectivity index (χ4v) is 4.48. The first-order chi connectivity index (χ1) is 16.6. The minimum Gasteiger partial charge on any atom is -0.488 e. The first kappa shape index (κ1) is 25.5.